The van der Waals surface area contributed by atoms with Crippen LogP contribution < -0.4 is 0 Å². The average molecular weight is 464 g/mol. The van der Waals surface area contributed by atoms with Crippen molar-refractivity contribution in [3.63, 3.8) is 0 Å². The van der Waals surface area contributed by atoms with Crippen LogP contribution in [0, 0.1) is 12.7 Å². The van der Waals surface area contributed by atoms with E-state index in [4.69, 9.17) is 0 Å². The van der Waals surface area contributed by atoms with Crippen molar-refractivity contribution in [3.8, 4) is 0 Å². The second kappa shape index (κ2) is 8.60. The standard InChI is InChI=1S/C27H26FNO3S/c1-16-7-10-18(27(2,3)4)14-21(16)24(30)22-23(17-8-11-19(28)12-9-17)29(26(32)25(22)31)15-20-6-5-13-33-20/h5-14,23,30H,15H2,1-4H3/b24-22+. The summed E-state index contributed by atoms with van der Waals surface area (Å²) in [6.07, 6.45) is 0. The van der Waals surface area contributed by atoms with Crippen molar-refractivity contribution in [3.05, 3.63) is 98.5 Å². The number of amides is 1. The summed E-state index contributed by atoms with van der Waals surface area (Å²) < 4.78 is 13.7. The molecule has 1 fully saturated rings. The Bertz CT molecular complexity index is 1240. The highest BCUT2D eigenvalue weighted by Crippen LogP contribution is 2.41. The van der Waals surface area contributed by atoms with Gasteiger partial charge in [-0.25, -0.2) is 4.39 Å². The molecule has 1 aliphatic heterocycles. The highest BCUT2D eigenvalue weighted by molar-refractivity contribution is 7.09. The van der Waals surface area contributed by atoms with Gasteiger partial charge in [0, 0.05) is 10.4 Å². The quantitative estimate of drug-likeness (QED) is 0.288. The molecule has 0 saturated carbocycles. The Morgan fingerprint density at radius 3 is 2.39 bits per heavy atom. The summed E-state index contributed by atoms with van der Waals surface area (Å²) in [5, 5.41) is 13.3. The second-order valence-corrected chi connectivity index (χ2v) is 10.4. The summed E-state index contributed by atoms with van der Waals surface area (Å²) in [7, 11) is 0. The Hall–Kier alpha value is -3.25. The number of halogens is 1. The van der Waals surface area contributed by atoms with Crippen molar-refractivity contribution >= 4 is 28.8 Å². The third-order valence-corrected chi connectivity index (χ3v) is 6.85. The van der Waals surface area contributed by atoms with Gasteiger partial charge in [-0.2, -0.15) is 0 Å². The predicted octanol–water partition coefficient (Wildman–Crippen LogP) is 6.12. The molecule has 1 atom stereocenters. The smallest absolute Gasteiger partial charge is 0.295 e. The number of hydrogen-bond acceptors (Lipinski definition) is 4. The van der Waals surface area contributed by atoms with E-state index in [0.717, 1.165) is 16.0 Å². The van der Waals surface area contributed by atoms with Crippen molar-refractivity contribution in [1.82, 2.24) is 4.90 Å². The summed E-state index contributed by atoms with van der Waals surface area (Å²) in [6, 6.07) is 14.4. The minimum Gasteiger partial charge on any atom is -0.507 e. The van der Waals surface area contributed by atoms with Crippen LogP contribution in [0.2, 0.25) is 0 Å². The van der Waals surface area contributed by atoms with Gasteiger partial charge in [-0.05, 0) is 58.7 Å². The minimum absolute atomic E-state index is 0.0253. The van der Waals surface area contributed by atoms with Crippen molar-refractivity contribution in [2.45, 2.75) is 45.7 Å². The number of thiophene rings is 1. The number of likely N-dealkylation sites (tertiary alicyclic amines) is 1. The molecule has 1 unspecified atom stereocenters. The Labute approximate surface area is 197 Å². The minimum atomic E-state index is -0.814. The van der Waals surface area contributed by atoms with Gasteiger partial charge in [0.25, 0.3) is 11.7 Å². The summed E-state index contributed by atoms with van der Waals surface area (Å²) in [5.41, 5.74) is 2.74. The molecule has 4 nitrogen and oxygen atoms in total. The Kier molecular flexibility index (Phi) is 5.97. The highest BCUT2D eigenvalue weighted by atomic mass is 32.1. The monoisotopic (exact) mass is 463 g/mol. The van der Waals surface area contributed by atoms with Gasteiger partial charge in [-0.1, -0.05) is 51.1 Å². The van der Waals surface area contributed by atoms with E-state index in [2.05, 4.69) is 20.8 Å². The van der Waals surface area contributed by atoms with Gasteiger partial charge in [-0.15, -0.1) is 11.3 Å². The zero-order valence-corrected chi connectivity index (χ0v) is 19.9. The molecule has 1 N–H and O–H groups in total. The maximum atomic E-state index is 13.7. The number of ketones is 1. The Morgan fingerprint density at radius 1 is 1.09 bits per heavy atom. The molecule has 0 spiro atoms. The molecule has 0 bridgehead atoms. The maximum Gasteiger partial charge on any atom is 0.295 e. The second-order valence-electron chi connectivity index (χ2n) is 9.34. The van der Waals surface area contributed by atoms with Crippen LogP contribution in [-0.2, 0) is 21.5 Å². The van der Waals surface area contributed by atoms with Crippen LogP contribution in [0.25, 0.3) is 5.76 Å². The largest absolute Gasteiger partial charge is 0.507 e. The van der Waals surface area contributed by atoms with Crippen LogP contribution in [0.3, 0.4) is 0 Å². The lowest BCUT2D eigenvalue weighted by Crippen LogP contribution is -2.28. The number of rotatable bonds is 4. The van der Waals surface area contributed by atoms with E-state index in [-0.39, 0.29) is 23.3 Å². The van der Waals surface area contributed by atoms with Crippen LogP contribution in [0.4, 0.5) is 4.39 Å². The number of aliphatic hydroxyl groups is 1. The highest BCUT2D eigenvalue weighted by Gasteiger charge is 2.46. The third kappa shape index (κ3) is 4.35. The lowest BCUT2D eigenvalue weighted by atomic mass is 9.84. The van der Waals surface area contributed by atoms with Crippen molar-refractivity contribution < 1.29 is 19.1 Å². The molecule has 1 saturated heterocycles. The number of carbonyl (C=O) groups is 2. The van der Waals surface area contributed by atoms with Crippen molar-refractivity contribution in [2.75, 3.05) is 0 Å². The van der Waals surface area contributed by atoms with E-state index in [1.807, 2.05) is 42.6 Å². The van der Waals surface area contributed by atoms with Crippen molar-refractivity contribution in [2.24, 2.45) is 0 Å². The van der Waals surface area contributed by atoms with E-state index in [1.165, 1.54) is 28.4 Å². The number of carbonyl (C=O) groups excluding carboxylic acids is 2. The van der Waals surface area contributed by atoms with Crippen molar-refractivity contribution in [1.29, 1.82) is 0 Å². The molecule has 0 radical (unpaired) electrons. The van der Waals surface area contributed by atoms with Gasteiger partial charge in [0.1, 0.15) is 11.6 Å². The number of benzene rings is 2. The number of aliphatic hydroxyl groups excluding tert-OH is 1. The van der Waals surface area contributed by atoms with Gasteiger partial charge < -0.3 is 10.0 Å². The van der Waals surface area contributed by atoms with E-state index in [0.29, 0.717) is 11.1 Å². The molecule has 4 rings (SSSR count). The molecule has 2 heterocycles. The first kappa shape index (κ1) is 22.9. The zero-order valence-electron chi connectivity index (χ0n) is 19.1. The first-order valence-electron chi connectivity index (χ1n) is 10.8. The molecule has 33 heavy (non-hydrogen) atoms. The topological polar surface area (TPSA) is 57.6 Å². The third-order valence-electron chi connectivity index (χ3n) is 5.99. The van der Waals surface area contributed by atoms with Crippen LogP contribution >= 0.6 is 11.3 Å². The number of nitrogens with zero attached hydrogens (tertiary/aromatic N) is 1. The lowest BCUT2D eigenvalue weighted by Gasteiger charge is -2.25. The fourth-order valence-electron chi connectivity index (χ4n) is 4.09. The molecule has 1 aliphatic rings. The lowest BCUT2D eigenvalue weighted by molar-refractivity contribution is -0.140. The van der Waals surface area contributed by atoms with Crippen LogP contribution in [-0.4, -0.2) is 21.7 Å². The molecule has 0 aliphatic carbocycles. The van der Waals surface area contributed by atoms with Crippen LogP contribution in [0.15, 0.2) is 65.6 Å². The van der Waals surface area contributed by atoms with E-state index in [1.54, 1.807) is 12.1 Å². The molecule has 3 aromatic rings. The van der Waals surface area contributed by atoms with E-state index >= 15 is 0 Å². The summed E-state index contributed by atoms with van der Waals surface area (Å²) in [5.74, 6) is -2.04. The molecule has 1 amide bonds. The fourth-order valence-corrected chi connectivity index (χ4v) is 4.80. The Morgan fingerprint density at radius 2 is 1.79 bits per heavy atom. The molecule has 2 aromatic carbocycles. The Balaban J connectivity index is 1.91. The summed E-state index contributed by atoms with van der Waals surface area (Å²) in [4.78, 5) is 28.7. The maximum absolute atomic E-state index is 13.7. The average Bonchev–Trinajstić information content (AvgIpc) is 3.36. The number of aryl methyl sites for hydroxylation is 1. The summed E-state index contributed by atoms with van der Waals surface area (Å²) in [6.45, 7) is 8.29. The van der Waals surface area contributed by atoms with Gasteiger partial charge in [0.15, 0.2) is 0 Å². The molecule has 170 valence electrons. The fraction of sp³-hybridized carbons (Fsp3) is 0.259. The molecule has 6 heteroatoms. The molecular weight excluding hydrogens is 437 g/mol. The van der Waals surface area contributed by atoms with E-state index in [9.17, 15) is 19.1 Å². The zero-order chi connectivity index (χ0) is 23.9. The van der Waals surface area contributed by atoms with Crippen LogP contribution in [0.1, 0.15) is 53.9 Å². The van der Waals surface area contributed by atoms with E-state index < -0.39 is 23.5 Å². The van der Waals surface area contributed by atoms with Crippen LogP contribution in [0.5, 0.6) is 0 Å². The molecule has 1 aromatic heterocycles. The summed E-state index contributed by atoms with van der Waals surface area (Å²) >= 11 is 1.48. The van der Waals surface area contributed by atoms with Gasteiger partial charge >= 0.3 is 0 Å². The van der Waals surface area contributed by atoms with Gasteiger partial charge in [0.2, 0.25) is 0 Å². The first-order chi connectivity index (χ1) is 15.6. The normalized spacial score (nSPS) is 18.2. The molecular formula is C27H26FNO3S. The number of Topliss-reactive ketones (excluding diaryl/α,β-unsaturated/α-hetero) is 1. The van der Waals surface area contributed by atoms with Gasteiger partial charge in [-0.3, -0.25) is 9.59 Å². The first-order valence-corrected chi connectivity index (χ1v) is 11.6. The van der Waals surface area contributed by atoms with Gasteiger partial charge in [0.05, 0.1) is 18.2 Å². The SMILES string of the molecule is Cc1ccc(C(C)(C)C)cc1/C(O)=C1\C(=O)C(=O)N(Cc2cccs2)C1c1ccc(F)cc1. The number of hydrogen-bond donors (Lipinski definition) is 1. The predicted molar refractivity (Wildman–Crippen MR) is 128 cm³/mol.